The van der Waals surface area contributed by atoms with Gasteiger partial charge in [-0.2, -0.15) is 0 Å². The summed E-state index contributed by atoms with van der Waals surface area (Å²) >= 11 is 0. The Bertz CT molecular complexity index is 552. The van der Waals surface area contributed by atoms with Crippen molar-refractivity contribution in [3.05, 3.63) is 17.5 Å². The van der Waals surface area contributed by atoms with Crippen molar-refractivity contribution in [2.24, 2.45) is 4.99 Å². The molecule has 24 heavy (non-hydrogen) atoms. The summed E-state index contributed by atoms with van der Waals surface area (Å²) in [6.45, 7) is 6.55. The molecular weight excluding hydrogens is 423 g/mol. The maximum atomic E-state index is 11.7. The lowest BCUT2D eigenvalue weighted by molar-refractivity contribution is -0.127. The molecule has 1 N–H and O–H groups in total. The van der Waals surface area contributed by atoms with E-state index in [4.69, 9.17) is 4.52 Å². The molecule has 1 aliphatic rings. The monoisotopic (exact) mass is 450 g/mol. The number of guanidine groups is 1. The minimum atomic E-state index is 0. The van der Waals surface area contributed by atoms with Gasteiger partial charge in [0.05, 0.1) is 12.2 Å². The minimum absolute atomic E-state index is 0. The van der Waals surface area contributed by atoms with Crippen molar-refractivity contribution in [3.63, 3.8) is 0 Å². The van der Waals surface area contributed by atoms with Gasteiger partial charge in [-0.1, -0.05) is 5.16 Å². The van der Waals surface area contributed by atoms with Gasteiger partial charge in [0.25, 0.3) is 0 Å². The van der Waals surface area contributed by atoms with E-state index in [1.54, 1.807) is 26.0 Å². The van der Waals surface area contributed by atoms with Gasteiger partial charge in [0.2, 0.25) is 5.91 Å². The zero-order valence-electron chi connectivity index (χ0n) is 14.8. The fraction of sp³-hybridized carbons (Fsp3) is 0.667. The summed E-state index contributed by atoms with van der Waals surface area (Å²) in [6.07, 6.45) is 0. The Morgan fingerprint density at radius 1 is 1.38 bits per heavy atom. The molecule has 0 spiro atoms. The molecule has 1 saturated heterocycles. The smallest absolute Gasteiger partial charge is 0.241 e. The van der Waals surface area contributed by atoms with Gasteiger partial charge in [-0.25, -0.2) is 0 Å². The van der Waals surface area contributed by atoms with Crippen molar-refractivity contribution >= 4 is 35.8 Å². The van der Waals surface area contributed by atoms with Crippen molar-refractivity contribution in [2.75, 3.05) is 53.9 Å². The average molecular weight is 450 g/mol. The number of rotatable bonds is 4. The first-order valence-corrected chi connectivity index (χ1v) is 7.80. The highest BCUT2D eigenvalue weighted by atomic mass is 127. The van der Waals surface area contributed by atoms with Gasteiger partial charge in [-0.05, 0) is 6.92 Å². The molecule has 1 amide bonds. The Labute approximate surface area is 160 Å². The van der Waals surface area contributed by atoms with Gasteiger partial charge in [0, 0.05) is 59.9 Å². The fourth-order valence-electron chi connectivity index (χ4n) is 2.48. The van der Waals surface area contributed by atoms with E-state index in [9.17, 15) is 4.79 Å². The first-order chi connectivity index (χ1) is 11.0. The van der Waals surface area contributed by atoms with Gasteiger partial charge in [0.15, 0.2) is 5.96 Å². The molecule has 0 saturated carbocycles. The molecule has 1 fully saturated rings. The van der Waals surface area contributed by atoms with Crippen molar-refractivity contribution in [1.82, 2.24) is 25.2 Å². The molecule has 9 heteroatoms. The average Bonchev–Trinajstić information content (AvgIpc) is 2.94. The molecule has 0 radical (unpaired) electrons. The molecule has 0 bridgehead atoms. The number of carbonyl (C=O) groups is 1. The normalized spacial score (nSPS) is 15.8. The first kappa shape index (κ1) is 20.7. The summed E-state index contributed by atoms with van der Waals surface area (Å²) < 4.78 is 5.10. The number of likely N-dealkylation sites (N-methyl/N-ethyl adjacent to an activating group) is 1. The summed E-state index contributed by atoms with van der Waals surface area (Å²) in [4.78, 5) is 22.0. The summed E-state index contributed by atoms with van der Waals surface area (Å²) in [5.41, 5.74) is 0.968. The lowest BCUT2D eigenvalue weighted by Gasteiger charge is -2.36. The Kier molecular flexibility index (Phi) is 8.46. The third kappa shape index (κ3) is 5.93. The van der Waals surface area contributed by atoms with E-state index >= 15 is 0 Å². The van der Waals surface area contributed by atoms with Gasteiger partial charge in [0.1, 0.15) is 5.76 Å². The number of hydrogen-bond acceptors (Lipinski definition) is 5. The molecule has 8 nitrogen and oxygen atoms in total. The van der Waals surface area contributed by atoms with Crippen LogP contribution >= 0.6 is 24.0 Å². The summed E-state index contributed by atoms with van der Waals surface area (Å²) in [7, 11) is 5.24. The molecule has 1 aliphatic heterocycles. The predicted octanol–water partition coefficient (Wildman–Crippen LogP) is 0.382. The van der Waals surface area contributed by atoms with Crippen LogP contribution in [0, 0.1) is 6.92 Å². The molecular formula is C15H27IN6O2. The Morgan fingerprint density at radius 2 is 2.04 bits per heavy atom. The number of hydrogen-bond donors (Lipinski definition) is 1. The highest BCUT2D eigenvalue weighted by molar-refractivity contribution is 14.0. The van der Waals surface area contributed by atoms with Crippen LogP contribution in [0.1, 0.15) is 11.5 Å². The molecule has 2 rings (SSSR count). The van der Waals surface area contributed by atoms with Gasteiger partial charge in [-0.15, -0.1) is 24.0 Å². The number of amides is 1. The number of aliphatic imine (C=N–C) groups is 1. The van der Waals surface area contributed by atoms with E-state index in [0.29, 0.717) is 0 Å². The maximum Gasteiger partial charge on any atom is 0.241 e. The molecule has 136 valence electrons. The summed E-state index contributed by atoms with van der Waals surface area (Å²) in [5.74, 6) is 1.65. The van der Waals surface area contributed by atoms with Crippen LogP contribution in [0.3, 0.4) is 0 Å². The molecule has 0 aromatic carbocycles. The van der Waals surface area contributed by atoms with Crippen LogP contribution in [0.2, 0.25) is 0 Å². The number of nitrogens with one attached hydrogen (secondary N) is 1. The van der Waals surface area contributed by atoms with E-state index in [2.05, 4.69) is 25.3 Å². The summed E-state index contributed by atoms with van der Waals surface area (Å²) in [5, 5.41) is 7.16. The fourth-order valence-corrected chi connectivity index (χ4v) is 2.48. The number of nitrogens with zero attached hydrogens (tertiary/aromatic N) is 5. The standard InChI is InChI=1S/C15H26N6O2.HI/c1-12-9-13(18-23-12)11-20-5-7-21(8-6-20)15(16-2)17-10-14(22)19(3)4;/h9H,5-8,10-11H2,1-4H3,(H,16,17);1H. The van der Waals surface area contributed by atoms with Crippen LogP contribution < -0.4 is 5.32 Å². The number of halogens is 1. The predicted molar refractivity (Wildman–Crippen MR) is 104 cm³/mol. The molecule has 0 unspecified atom stereocenters. The van der Waals surface area contributed by atoms with Crippen molar-refractivity contribution < 1.29 is 9.32 Å². The molecule has 2 heterocycles. The largest absolute Gasteiger partial charge is 0.361 e. The lowest BCUT2D eigenvalue weighted by Crippen LogP contribution is -2.53. The molecule has 0 aliphatic carbocycles. The maximum absolute atomic E-state index is 11.7. The van der Waals surface area contributed by atoms with Gasteiger partial charge >= 0.3 is 0 Å². The number of carbonyl (C=O) groups excluding carboxylic acids is 1. The second-order valence-corrected chi connectivity index (χ2v) is 5.88. The minimum Gasteiger partial charge on any atom is -0.361 e. The second-order valence-electron chi connectivity index (χ2n) is 5.88. The Balaban J connectivity index is 0.00000288. The van der Waals surface area contributed by atoms with E-state index in [1.807, 2.05) is 13.0 Å². The topological polar surface area (TPSA) is 77.2 Å². The number of aromatic nitrogens is 1. The van der Waals surface area contributed by atoms with Crippen molar-refractivity contribution in [3.8, 4) is 0 Å². The quantitative estimate of drug-likeness (QED) is 0.406. The summed E-state index contributed by atoms with van der Waals surface area (Å²) in [6, 6.07) is 1.97. The number of aryl methyl sites for hydroxylation is 1. The van der Waals surface area contributed by atoms with E-state index < -0.39 is 0 Å². The van der Waals surface area contributed by atoms with E-state index in [0.717, 1.165) is 50.1 Å². The number of piperazine rings is 1. The Morgan fingerprint density at radius 3 is 2.54 bits per heavy atom. The highest BCUT2D eigenvalue weighted by Gasteiger charge is 2.20. The van der Waals surface area contributed by atoms with Crippen LogP contribution in [0.25, 0.3) is 0 Å². The zero-order valence-corrected chi connectivity index (χ0v) is 17.1. The third-order valence-corrected chi connectivity index (χ3v) is 3.84. The van der Waals surface area contributed by atoms with E-state index in [1.165, 1.54) is 0 Å². The molecule has 1 aromatic heterocycles. The SMILES string of the molecule is CN=C(NCC(=O)N(C)C)N1CCN(Cc2cc(C)on2)CC1.I. The first-order valence-electron chi connectivity index (χ1n) is 7.80. The highest BCUT2D eigenvalue weighted by Crippen LogP contribution is 2.09. The van der Waals surface area contributed by atoms with Gasteiger partial charge in [-0.3, -0.25) is 14.7 Å². The van der Waals surface area contributed by atoms with Crippen LogP contribution in [-0.4, -0.2) is 85.6 Å². The van der Waals surface area contributed by atoms with Crippen LogP contribution in [-0.2, 0) is 11.3 Å². The zero-order chi connectivity index (χ0) is 16.8. The van der Waals surface area contributed by atoms with Crippen molar-refractivity contribution in [1.29, 1.82) is 0 Å². The van der Waals surface area contributed by atoms with Crippen molar-refractivity contribution in [2.45, 2.75) is 13.5 Å². The Hall–Kier alpha value is -1.36. The van der Waals surface area contributed by atoms with Gasteiger partial charge < -0.3 is 19.6 Å². The van der Waals surface area contributed by atoms with Crippen LogP contribution in [0.4, 0.5) is 0 Å². The molecule has 1 aromatic rings. The second kappa shape index (κ2) is 9.82. The van der Waals surface area contributed by atoms with Crippen LogP contribution in [0.5, 0.6) is 0 Å². The van der Waals surface area contributed by atoms with Crippen LogP contribution in [0.15, 0.2) is 15.6 Å². The third-order valence-electron chi connectivity index (χ3n) is 3.84. The molecule has 0 atom stereocenters. The van der Waals surface area contributed by atoms with E-state index in [-0.39, 0.29) is 36.4 Å². The lowest BCUT2D eigenvalue weighted by atomic mass is 10.3.